The van der Waals surface area contributed by atoms with E-state index < -0.39 is 0 Å². The van der Waals surface area contributed by atoms with E-state index in [4.69, 9.17) is 0 Å². The zero-order valence-corrected chi connectivity index (χ0v) is 15.5. The first kappa shape index (κ1) is 16.6. The smallest absolute Gasteiger partial charge is 0.0722 e. The van der Waals surface area contributed by atoms with Crippen molar-refractivity contribution in [1.29, 1.82) is 5.26 Å². The number of nitrogens with one attached hydrogen (secondary N) is 1. The SMILES string of the molecule is Cc1cccc(C2(Nc3ccc4cccnc4c3)CC(C)(C#N)C2)c1C. The van der Waals surface area contributed by atoms with Crippen LogP contribution in [-0.4, -0.2) is 4.98 Å². The van der Waals surface area contributed by atoms with E-state index in [1.165, 1.54) is 16.7 Å². The van der Waals surface area contributed by atoms with Crippen molar-refractivity contribution < 1.29 is 0 Å². The van der Waals surface area contributed by atoms with Crippen molar-refractivity contribution >= 4 is 16.6 Å². The van der Waals surface area contributed by atoms with Crippen molar-refractivity contribution in [3.05, 3.63) is 71.4 Å². The maximum absolute atomic E-state index is 9.57. The summed E-state index contributed by atoms with van der Waals surface area (Å²) in [4.78, 5) is 4.47. The van der Waals surface area contributed by atoms with Crippen LogP contribution in [0, 0.1) is 30.6 Å². The van der Waals surface area contributed by atoms with E-state index in [2.05, 4.69) is 79.6 Å². The molecule has 1 saturated carbocycles. The number of nitrogens with zero attached hydrogens (tertiary/aromatic N) is 2. The number of fused-ring (bicyclic) bond motifs is 1. The van der Waals surface area contributed by atoms with Crippen LogP contribution in [0.1, 0.15) is 36.5 Å². The number of hydrogen-bond donors (Lipinski definition) is 1. The summed E-state index contributed by atoms with van der Waals surface area (Å²) in [6.45, 7) is 6.38. The Labute approximate surface area is 154 Å². The number of rotatable bonds is 3. The molecule has 1 aromatic heterocycles. The highest BCUT2D eigenvalue weighted by atomic mass is 15.0. The molecule has 0 saturated heterocycles. The molecular weight excluding hydrogens is 318 g/mol. The van der Waals surface area contributed by atoms with Gasteiger partial charge in [-0.1, -0.05) is 30.3 Å². The highest BCUT2D eigenvalue weighted by molar-refractivity contribution is 5.82. The van der Waals surface area contributed by atoms with Gasteiger partial charge in [-0.3, -0.25) is 4.98 Å². The Kier molecular flexibility index (Phi) is 3.73. The molecule has 0 bridgehead atoms. The lowest BCUT2D eigenvalue weighted by Crippen LogP contribution is -2.53. The minimum atomic E-state index is -0.279. The van der Waals surface area contributed by atoms with Gasteiger partial charge in [-0.25, -0.2) is 0 Å². The minimum Gasteiger partial charge on any atom is -0.375 e. The second-order valence-corrected chi connectivity index (χ2v) is 7.89. The van der Waals surface area contributed by atoms with E-state index >= 15 is 0 Å². The molecule has 3 nitrogen and oxygen atoms in total. The third-order valence-electron chi connectivity index (χ3n) is 5.76. The highest BCUT2D eigenvalue weighted by Gasteiger charge is 2.54. The van der Waals surface area contributed by atoms with Crippen LogP contribution in [0.25, 0.3) is 10.9 Å². The van der Waals surface area contributed by atoms with E-state index in [0.717, 1.165) is 29.4 Å². The summed E-state index contributed by atoms with van der Waals surface area (Å²) in [5.74, 6) is 0. The fourth-order valence-electron chi connectivity index (χ4n) is 4.40. The molecule has 3 aromatic rings. The van der Waals surface area contributed by atoms with Gasteiger partial charge >= 0.3 is 0 Å². The number of nitriles is 1. The van der Waals surface area contributed by atoms with Gasteiger partial charge in [0, 0.05) is 17.3 Å². The summed E-state index contributed by atoms with van der Waals surface area (Å²) < 4.78 is 0. The molecule has 0 radical (unpaired) electrons. The molecule has 1 aliphatic rings. The van der Waals surface area contributed by atoms with Gasteiger partial charge < -0.3 is 5.32 Å². The molecule has 3 heteroatoms. The second kappa shape index (κ2) is 5.85. The Balaban J connectivity index is 1.77. The maximum Gasteiger partial charge on any atom is 0.0722 e. The number of benzene rings is 2. The van der Waals surface area contributed by atoms with Crippen LogP contribution >= 0.6 is 0 Å². The zero-order chi connectivity index (χ0) is 18.4. The summed E-state index contributed by atoms with van der Waals surface area (Å²) >= 11 is 0. The molecule has 4 rings (SSSR count). The summed E-state index contributed by atoms with van der Waals surface area (Å²) in [6, 6.07) is 19.3. The van der Waals surface area contributed by atoms with Crippen LogP contribution in [0.5, 0.6) is 0 Å². The fraction of sp³-hybridized carbons (Fsp3) is 0.304. The van der Waals surface area contributed by atoms with Crippen molar-refractivity contribution in [3.63, 3.8) is 0 Å². The summed E-state index contributed by atoms with van der Waals surface area (Å²) in [5.41, 5.74) is 5.44. The van der Waals surface area contributed by atoms with Gasteiger partial charge in [0.05, 0.1) is 22.5 Å². The predicted molar refractivity (Wildman–Crippen MR) is 106 cm³/mol. The lowest BCUT2D eigenvalue weighted by atomic mass is 9.55. The standard InChI is InChI=1S/C23H23N3/c1-16-6-4-8-20(17(16)2)23(13-22(3,14-23)15-24)26-19-10-9-18-7-5-11-25-21(18)12-19/h4-12,26H,13-14H2,1-3H3. The van der Waals surface area contributed by atoms with Crippen LogP contribution in [0.2, 0.25) is 0 Å². The van der Waals surface area contributed by atoms with Crippen molar-refractivity contribution in [1.82, 2.24) is 4.98 Å². The minimum absolute atomic E-state index is 0.205. The first-order chi connectivity index (χ1) is 12.4. The molecule has 0 spiro atoms. The van der Waals surface area contributed by atoms with Crippen molar-refractivity contribution in [2.75, 3.05) is 5.32 Å². The molecular formula is C23H23N3. The lowest BCUT2D eigenvalue weighted by molar-refractivity contribution is 0.116. The third kappa shape index (κ3) is 2.63. The number of aromatic nitrogens is 1. The Bertz CT molecular complexity index is 1020. The third-order valence-corrected chi connectivity index (χ3v) is 5.76. The highest BCUT2D eigenvalue weighted by Crippen LogP contribution is 2.56. The van der Waals surface area contributed by atoms with Crippen LogP contribution in [0.4, 0.5) is 5.69 Å². The fourth-order valence-corrected chi connectivity index (χ4v) is 4.40. The number of pyridine rings is 1. The van der Waals surface area contributed by atoms with Gasteiger partial charge in [-0.05, 0) is 68.5 Å². The summed E-state index contributed by atoms with van der Waals surface area (Å²) in [6.07, 6.45) is 3.44. The average molecular weight is 341 g/mol. The number of aryl methyl sites for hydroxylation is 1. The van der Waals surface area contributed by atoms with Gasteiger partial charge in [-0.2, -0.15) is 5.26 Å². The Morgan fingerprint density at radius 2 is 1.88 bits per heavy atom. The van der Waals surface area contributed by atoms with Crippen molar-refractivity contribution in [2.24, 2.45) is 5.41 Å². The molecule has 1 N–H and O–H groups in total. The molecule has 1 aliphatic carbocycles. The van der Waals surface area contributed by atoms with Crippen LogP contribution in [-0.2, 0) is 5.54 Å². The lowest BCUT2D eigenvalue weighted by Gasteiger charge is -2.53. The van der Waals surface area contributed by atoms with E-state index in [0.29, 0.717) is 0 Å². The molecule has 0 unspecified atom stereocenters. The average Bonchev–Trinajstić information content (AvgIpc) is 2.62. The summed E-state index contributed by atoms with van der Waals surface area (Å²) in [7, 11) is 0. The molecule has 2 aromatic carbocycles. The van der Waals surface area contributed by atoms with Gasteiger partial charge in [0.25, 0.3) is 0 Å². The molecule has 0 aliphatic heterocycles. The van der Waals surface area contributed by atoms with E-state index in [9.17, 15) is 5.26 Å². The van der Waals surface area contributed by atoms with Crippen molar-refractivity contribution in [2.45, 2.75) is 39.2 Å². The van der Waals surface area contributed by atoms with Gasteiger partial charge in [0.15, 0.2) is 0 Å². The van der Waals surface area contributed by atoms with Crippen molar-refractivity contribution in [3.8, 4) is 6.07 Å². The monoisotopic (exact) mass is 341 g/mol. The number of anilines is 1. The second-order valence-electron chi connectivity index (χ2n) is 7.89. The summed E-state index contributed by atoms with van der Waals surface area (Å²) in [5, 5.41) is 14.5. The molecule has 1 heterocycles. The molecule has 1 fully saturated rings. The van der Waals surface area contributed by atoms with Crippen LogP contribution < -0.4 is 5.32 Å². The molecule has 0 atom stereocenters. The molecule has 130 valence electrons. The van der Waals surface area contributed by atoms with E-state index in [-0.39, 0.29) is 11.0 Å². The Hall–Kier alpha value is -2.86. The Morgan fingerprint density at radius 3 is 2.65 bits per heavy atom. The van der Waals surface area contributed by atoms with Gasteiger partial charge in [0.2, 0.25) is 0 Å². The van der Waals surface area contributed by atoms with Crippen LogP contribution in [0.3, 0.4) is 0 Å². The maximum atomic E-state index is 9.57. The van der Waals surface area contributed by atoms with Gasteiger partial charge in [0.1, 0.15) is 0 Å². The largest absolute Gasteiger partial charge is 0.375 e. The zero-order valence-electron chi connectivity index (χ0n) is 15.5. The topological polar surface area (TPSA) is 48.7 Å². The first-order valence-corrected chi connectivity index (χ1v) is 9.06. The molecule has 0 amide bonds. The van der Waals surface area contributed by atoms with Crippen LogP contribution in [0.15, 0.2) is 54.7 Å². The molecule has 26 heavy (non-hydrogen) atoms. The normalized spacial score (nSPS) is 24.7. The Morgan fingerprint density at radius 1 is 1.08 bits per heavy atom. The van der Waals surface area contributed by atoms with E-state index in [1.54, 1.807) is 0 Å². The quantitative estimate of drug-likeness (QED) is 0.686. The number of hydrogen-bond acceptors (Lipinski definition) is 3. The van der Waals surface area contributed by atoms with Gasteiger partial charge in [-0.15, -0.1) is 0 Å². The predicted octanol–water partition coefficient (Wildman–Crippen LogP) is 5.48. The first-order valence-electron chi connectivity index (χ1n) is 9.06. The van der Waals surface area contributed by atoms with E-state index in [1.807, 2.05) is 12.3 Å².